The van der Waals surface area contributed by atoms with Crippen LogP contribution < -0.4 is 0 Å². The molecule has 0 saturated heterocycles. The van der Waals surface area contributed by atoms with E-state index in [2.05, 4.69) is 130 Å². The van der Waals surface area contributed by atoms with Crippen LogP contribution in [0.15, 0.2) is 182 Å². The van der Waals surface area contributed by atoms with Crippen molar-refractivity contribution in [2.75, 3.05) is 0 Å². The van der Waals surface area contributed by atoms with Crippen molar-refractivity contribution in [1.29, 1.82) is 0 Å². The van der Waals surface area contributed by atoms with Gasteiger partial charge in [-0.1, -0.05) is 109 Å². The maximum Gasteiger partial charge on any atom is 0.145 e. The molecule has 0 fully saturated rings. The minimum atomic E-state index is 0.792. The number of nitrogens with zero attached hydrogens (tertiary/aromatic N) is 6. The molecule has 0 unspecified atom stereocenters. The zero-order valence-corrected chi connectivity index (χ0v) is 28.5. The van der Waals surface area contributed by atoms with Gasteiger partial charge in [-0.15, -0.1) is 0 Å². The van der Waals surface area contributed by atoms with Gasteiger partial charge >= 0.3 is 0 Å². The monoisotopic (exact) mass is 678 g/mol. The van der Waals surface area contributed by atoms with Crippen LogP contribution in [0.25, 0.3) is 94.9 Å². The first-order valence-corrected chi connectivity index (χ1v) is 17.6. The lowest BCUT2D eigenvalue weighted by molar-refractivity contribution is 1.10. The Kier molecular flexibility index (Phi) is 7.36. The van der Waals surface area contributed by atoms with Gasteiger partial charge in [-0.3, -0.25) is 14.5 Å². The Morgan fingerprint density at radius 3 is 1.70 bits per heavy atom. The van der Waals surface area contributed by atoms with Crippen molar-refractivity contribution >= 4 is 32.7 Å². The molecule has 0 atom stereocenters. The molecule has 0 spiro atoms. The molecule has 0 radical (unpaired) electrons. The Morgan fingerprint density at radius 2 is 1.02 bits per heavy atom. The quantitative estimate of drug-likeness (QED) is 0.164. The number of aromatic nitrogens is 6. The Bertz CT molecular complexity index is 2850. The summed E-state index contributed by atoms with van der Waals surface area (Å²) >= 11 is 0. The summed E-state index contributed by atoms with van der Waals surface area (Å²) in [5.41, 5.74) is 12.2. The van der Waals surface area contributed by atoms with E-state index in [1.807, 2.05) is 54.6 Å². The molecule has 6 nitrogen and oxygen atoms in total. The summed E-state index contributed by atoms with van der Waals surface area (Å²) in [7, 11) is 0. The highest BCUT2D eigenvalue weighted by atomic mass is 15.1. The van der Waals surface area contributed by atoms with Crippen LogP contribution in [0.5, 0.6) is 0 Å². The maximum absolute atomic E-state index is 5.43. The first kappa shape index (κ1) is 30.5. The topological polar surface area (TPSA) is 69.4 Å². The van der Waals surface area contributed by atoms with E-state index in [4.69, 9.17) is 15.0 Å². The minimum absolute atomic E-state index is 0.792. The van der Waals surface area contributed by atoms with Crippen molar-refractivity contribution in [3.05, 3.63) is 182 Å². The zero-order chi connectivity index (χ0) is 35.1. The molecule has 10 aromatic rings. The molecule has 5 heterocycles. The van der Waals surface area contributed by atoms with Gasteiger partial charge in [0.15, 0.2) is 0 Å². The average molecular weight is 679 g/mol. The lowest BCUT2D eigenvalue weighted by atomic mass is 9.96. The fourth-order valence-electron chi connectivity index (χ4n) is 7.22. The predicted octanol–water partition coefficient (Wildman–Crippen LogP) is 11.2. The third-order valence-electron chi connectivity index (χ3n) is 9.71. The van der Waals surface area contributed by atoms with Crippen molar-refractivity contribution in [2.24, 2.45) is 0 Å². The van der Waals surface area contributed by atoms with Gasteiger partial charge in [0.2, 0.25) is 0 Å². The van der Waals surface area contributed by atoms with Gasteiger partial charge in [0.1, 0.15) is 5.82 Å². The number of benzene rings is 5. The van der Waals surface area contributed by atoms with Gasteiger partial charge in [-0.25, -0.2) is 15.0 Å². The van der Waals surface area contributed by atoms with E-state index < -0.39 is 0 Å². The average Bonchev–Trinajstić information content (AvgIpc) is 3.65. The highest BCUT2D eigenvalue weighted by Crippen LogP contribution is 2.40. The Hall–Kier alpha value is -7.31. The summed E-state index contributed by atoms with van der Waals surface area (Å²) in [6, 6.07) is 58.2. The van der Waals surface area contributed by atoms with Gasteiger partial charge < -0.3 is 0 Å². The van der Waals surface area contributed by atoms with Crippen molar-refractivity contribution < 1.29 is 0 Å². The van der Waals surface area contributed by atoms with Crippen molar-refractivity contribution in [1.82, 2.24) is 29.5 Å². The van der Waals surface area contributed by atoms with Crippen LogP contribution in [0.1, 0.15) is 0 Å². The molecule has 0 saturated carbocycles. The minimum Gasteiger partial charge on any atom is -0.292 e. The molecule has 0 bridgehead atoms. The van der Waals surface area contributed by atoms with E-state index in [1.165, 1.54) is 0 Å². The number of hydrogen-bond donors (Lipinski definition) is 0. The van der Waals surface area contributed by atoms with Crippen LogP contribution in [0, 0.1) is 0 Å². The second-order valence-corrected chi connectivity index (χ2v) is 12.9. The van der Waals surface area contributed by atoms with Gasteiger partial charge in [-0.2, -0.15) is 0 Å². The molecule has 0 N–H and O–H groups in total. The molecule has 0 aliphatic heterocycles. The largest absolute Gasteiger partial charge is 0.292 e. The van der Waals surface area contributed by atoms with Crippen LogP contribution >= 0.6 is 0 Å². The maximum atomic E-state index is 5.43. The lowest BCUT2D eigenvalue weighted by Crippen LogP contribution is -1.97. The normalized spacial score (nSPS) is 11.4. The van der Waals surface area contributed by atoms with Gasteiger partial charge in [0.05, 0.1) is 45.0 Å². The van der Waals surface area contributed by atoms with Crippen LogP contribution in [0.3, 0.4) is 0 Å². The van der Waals surface area contributed by atoms with E-state index in [0.29, 0.717) is 0 Å². The molecule has 5 aromatic heterocycles. The van der Waals surface area contributed by atoms with E-state index in [1.54, 1.807) is 12.4 Å². The summed E-state index contributed by atoms with van der Waals surface area (Å²) in [6.45, 7) is 0. The van der Waals surface area contributed by atoms with E-state index in [0.717, 1.165) is 94.9 Å². The predicted molar refractivity (Wildman–Crippen MR) is 214 cm³/mol. The second kappa shape index (κ2) is 12.8. The third kappa shape index (κ3) is 5.41. The number of imidazole rings is 1. The number of pyridine rings is 4. The standard InChI is InChI=1S/C47H30N6/c1-3-13-33(14-4-1)47-52-46-43(53(47)35-15-5-2-6-16-35)26-25-37-36-17-7-8-18-38(36)51-45(44(37)46)32-23-21-31(22-24-32)34-29-41(39-19-9-11-27-48-39)50-42(30-34)40-20-10-12-28-49-40/h1-30H. The van der Waals surface area contributed by atoms with Gasteiger partial charge in [0.25, 0.3) is 0 Å². The SMILES string of the molecule is c1ccc(-c2nc3c4c(-c5ccc(-c6cc(-c7ccccn7)nc(-c7ccccn7)c6)cc5)nc5ccccc5c4ccc3n2-c2ccccc2)cc1. The number of para-hydroxylation sites is 2. The van der Waals surface area contributed by atoms with Gasteiger partial charge in [-0.05, 0) is 77.2 Å². The van der Waals surface area contributed by atoms with Crippen molar-refractivity contribution in [2.45, 2.75) is 0 Å². The summed E-state index contributed by atoms with van der Waals surface area (Å²) < 4.78 is 2.26. The zero-order valence-electron chi connectivity index (χ0n) is 28.5. The molecular weight excluding hydrogens is 649 g/mol. The number of rotatable bonds is 6. The molecule has 0 aliphatic rings. The molecule has 6 heteroatoms. The molecule has 248 valence electrons. The Labute approximate surface area is 305 Å². The molecule has 0 amide bonds. The summed E-state index contributed by atoms with van der Waals surface area (Å²) in [6.07, 6.45) is 3.59. The number of hydrogen-bond acceptors (Lipinski definition) is 5. The van der Waals surface area contributed by atoms with Gasteiger partial charge in [0, 0.05) is 40.0 Å². The Morgan fingerprint density at radius 1 is 0.396 bits per heavy atom. The first-order valence-electron chi connectivity index (χ1n) is 17.6. The highest BCUT2D eigenvalue weighted by molar-refractivity contribution is 6.20. The van der Waals surface area contributed by atoms with Crippen LogP contribution in [-0.2, 0) is 0 Å². The van der Waals surface area contributed by atoms with Crippen LogP contribution in [-0.4, -0.2) is 29.5 Å². The van der Waals surface area contributed by atoms with E-state index >= 15 is 0 Å². The van der Waals surface area contributed by atoms with Crippen LogP contribution in [0.2, 0.25) is 0 Å². The molecular formula is C47H30N6. The molecule has 10 rings (SSSR count). The van der Waals surface area contributed by atoms with Crippen molar-refractivity contribution in [3.63, 3.8) is 0 Å². The van der Waals surface area contributed by atoms with Crippen molar-refractivity contribution in [3.8, 4) is 62.2 Å². The fourth-order valence-corrected chi connectivity index (χ4v) is 7.22. The fraction of sp³-hybridized carbons (Fsp3) is 0. The van der Waals surface area contributed by atoms with E-state index in [9.17, 15) is 0 Å². The Balaban J connectivity index is 1.18. The summed E-state index contributed by atoms with van der Waals surface area (Å²) in [5.74, 6) is 0.888. The summed E-state index contributed by atoms with van der Waals surface area (Å²) in [4.78, 5) is 24.9. The number of fused-ring (bicyclic) bond motifs is 5. The highest BCUT2D eigenvalue weighted by Gasteiger charge is 2.21. The molecule has 53 heavy (non-hydrogen) atoms. The molecule has 5 aromatic carbocycles. The first-order chi connectivity index (χ1) is 26.3. The molecule has 0 aliphatic carbocycles. The smallest absolute Gasteiger partial charge is 0.145 e. The third-order valence-corrected chi connectivity index (χ3v) is 9.71. The lowest BCUT2D eigenvalue weighted by Gasteiger charge is -2.13. The van der Waals surface area contributed by atoms with E-state index in [-0.39, 0.29) is 0 Å². The van der Waals surface area contributed by atoms with Crippen LogP contribution in [0.4, 0.5) is 0 Å². The summed E-state index contributed by atoms with van der Waals surface area (Å²) in [5, 5.41) is 3.24. The second-order valence-electron chi connectivity index (χ2n) is 12.9.